The Morgan fingerprint density at radius 2 is 1.69 bits per heavy atom. The van der Waals surface area contributed by atoms with E-state index in [4.69, 9.17) is 16.3 Å². The summed E-state index contributed by atoms with van der Waals surface area (Å²) in [5, 5.41) is 0.557. The van der Waals surface area contributed by atoms with Gasteiger partial charge in [-0.25, -0.2) is 0 Å². The van der Waals surface area contributed by atoms with E-state index < -0.39 is 11.9 Å². The molecule has 2 saturated heterocycles. The number of rotatable bonds is 4. The van der Waals surface area contributed by atoms with Crippen molar-refractivity contribution >= 4 is 46.7 Å². The molecule has 0 saturated carbocycles. The molecular weight excluding hydrogens is 468 g/mol. The maximum atomic E-state index is 12.9. The van der Waals surface area contributed by atoms with Crippen LogP contribution < -0.4 is 14.5 Å². The third-order valence-electron chi connectivity index (χ3n) is 7.12. The first-order chi connectivity index (χ1) is 16.7. The smallest absolute Gasteiger partial charge is 0.316 e. The van der Waals surface area contributed by atoms with Crippen molar-refractivity contribution in [2.24, 2.45) is 17.8 Å². The van der Waals surface area contributed by atoms with Gasteiger partial charge in [0.25, 0.3) is 0 Å². The summed E-state index contributed by atoms with van der Waals surface area (Å²) in [5.41, 5.74) is 3.06. The van der Waals surface area contributed by atoms with Gasteiger partial charge in [-0.3, -0.25) is 24.1 Å². The summed E-state index contributed by atoms with van der Waals surface area (Å²) in [7, 11) is 0. The molecule has 0 N–H and O–H groups in total. The molecule has 0 spiro atoms. The Kier molecular flexibility index (Phi) is 5.97. The van der Waals surface area contributed by atoms with Gasteiger partial charge in [0.1, 0.15) is 5.75 Å². The van der Waals surface area contributed by atoms with Crippen LogP contribution in [0.4, 0.5) is 11.4 Å². The summed E-state index contributed by atoms with van der Waals surface area (Å²) in [6.45, 7) is 4.03. The van der Waals surface area contributed by atoms with E-state index in [1.165, 1.54) is 4.90 Å². The van der Waals surface area contributed by atoms with Crippen LogP contribution in [0.25, 0.3) is 0 Å². The molecule has 7 nitrogen and oxygen atoms in total. The zero-order chi connectivity index (χ0) is 24.9. The summed E-state index contributed by atoms with van der Waals surface area (Å²) in [6, 6.07) is 11.7. The minimum absolute atomic E-state index is 0.0515. The number of anilines is 2. The molecule has 2 aromatic rings. The van der Waals surface area contributed by atoms with Crippen LogP contribution in [0.5, 0.6) is 5.75 Å². The van der Waals surface area contributed by atoms with Crippen LogP contribution in [0.1, 0.15) is 31.7 Å². The maximum Gasteiger partial charge on any atom is 0.316 e. The quantitative estimate of drug-likeness (QED) is 0.272. The number of benzene rings is 2. The normalized spacial score (nSPS) is 24.0. The van der Waals surface area contributed by atoms with Crippen LogP contribution in [0.15, 0.2) is 54.1 Å². The molecule has 0 bridgehead atoms. The average molecular weight is 493 g/mol. The Morgan fingerprint density at radius 3 is 2.43 bits per heavy atom. The third kappa shape index (κ3) is 4.14. The van der Waals surface area contributed by atoms with Gasteiger partial charge in [-0.15, -0.1) is 0 Å². The molecule has 0 radical (unpaired) electrons. The summed E-state index contributed by atoms with van der Waals surface area (Å²) in [6.07, 6.45) is 3.27. The second kappa shape index (κ2) is 8.96. The van der Waals surface area contributed by atoms with Gasteiger partial charge in [0, 0.05) is 23.7 Å². The molecule has 1 aliphatic carbocycles. The number of carbonyl (C=O) groups excluding carboxylic acids is 4. The lowest BCUT2D eigenvalue weighted by molar-refractivity contribution is -0.139. The highest BCUT2D eigenvalue weighted by atomic mass is 35.5. The lowest BCUT2D eigenvalue weighted by Crippen LogP contribution is -2.30. The van der Waals surface area contributed by atoms with E-state index in [0.717, 1.165) is 11.1 Å². The SMILES string of the molecule is CC1=CC[C@@H]2C(=O)N(c3ccc(OC(=O)[C@@H]4CC(=O)N(c5cccc(Cl)c5C)C4)cc3)C(=O)[C@@H]2C1. The van der Waals surface area contributed by atoms with E-state index in [2.05, 4.69) is 0 Å². The molecule has 2 fully saturated rings. The van der Waals surface area contributed by atoms with Crippen molar-refractivity contribution in [2.45, 2.75) is 33.1 Å². The largest absolute Gasteiger partial charge is 0.426 e. The second-order valence-corrected chi connectivity index (χ2v) is 9.83. The highest BCUT2D eigenvalue weighted by Gasteiger charge is 2.48. The summed E-state index contributed by atoms with van der Waals surface area (Å²) in [4.78, 5) is 53.9. The Bertz CT molecular complexity index is 1270. The molecule has 2 aromatic carbocycles. The second-order valence-electron chi connectivity index (χ2n) is 9.42. The number of fused-ring (bicyclic) bond motifs is 1. The molecule has 3 amide bonds. The monoisotopic (exact) mass is 492 g/mol. The van der Waals surface area contributed by atoms with E-state index >= 15 is 0 Å². The summed E-state index contributed by atoms with van der Waals surface area (Å²) >= 11 is 6.19. The molecule has 3 atom stereocenters. The number of hydrogen-bond donors (Lipinski definition) is 0. The van der Waals surface area contributed by atoms with Gasteiger partial charge in [0.05, 0.1) is 23.4 Å². The Labute approximate surface area is 208 Å². The molecule has 8 heteroatoms. The van der Waals surface area contributed by atoms with Crippen molar-refractivity contribution in [1.29, 1.82) is 0 Å². The number of allylic oxidation sites excluding steroid dienone is 2. The van der Waals surface area contributed by atoms with Gasteiger partial charge in [-0.2, -0.15) is 0 Å². The molecule has 5 rings (SSSR count). The fourth-order valence-electron chi connectivity index (χ4n) is 5.14. The van der Waals surface area contributed by atoms with E-state index in [1.54, 1.807) is 47.4 Å². The van der Waals surface area contributed by atoms with Crippen molar-refractivity contribution in [2.75, 3.05) is 16.3 Å². The molecular formula is C27H25ClN2O5. The Morgan fingerprint density at radius 1 is 0.971 bits per heavy atom. The number of nitrogens with zero attached hydrogens (tertiary/aromatic N) is 2. The minimum Gasteiger partial charge on any atom is -0.426 e. The first kappa shape index (κ1) is 23.3. The molecule has 180 valence electrons. The van der Waals surface area contributed by atoms with Crippen LogP contribution in [-0.2, 0) is 19.2 Å². The highest BCUT2D eigenvalue weighted by molar-refractivity contribution is 6.31. The third-order valence-corrected chi connectivity index (χ3v) is 7.53. The molecule has 0 unspecified atom stereocenters. The lowest BCUT2D eigenvalue weighted by atomic mass is 9.82. The standard InChI is InChI=1S/C27H25ClN2O5/c1-15-6-11-20-21(12-15)26(33)30(25(20)32)18-7-9-19(10-8-18)35-27(34)17-13-24(31)29(14-17)23-5-3-4-22(28)16(23)2/h3-10,17,20-21H,11-14H2,1-2H3/t17-,20+,21-/m1/s1. The number of esters is 1. The molecule has 2 heterocycles. The van der Waals surface area contributed by atoms with Crippen LogP contribution in [0.3, 0.4) is 0 Å². The van der Waals surface area contributed by atoms with Gasteiger partial charge in [-0.1, -0.05) is 29.3 Å². The highest BCUT2D eigenvalue weighted by Crippen LogP contribution is 2.40. The van der Waals surface area contributed by atoms with Crippen LogP contribution in [0, 0.1) is 24.7 Å². The van der Waals surface area contributed by atoms with Crippen LogP contribution in [-0.4, -0.2) is 30.2 Å². The van der Waals surface area contributed by atoms with E-state index in [0.29, 0.717) is 29.2 Å². The topological polar surface area (TPSA) is 84.0 Å². The van der Waals surface area contributed by atoms with Crippen molar-refractivity contribution < 1.29 is 23.9 Å². The fourth-order valence-corrected chi connectivity index (χ4v) is 5.31. The predicted octanol–water partition coefficient (Wildman–Crippen LogP) is 4.45. The van der Waals surface area contributed by atoms with Crippen molar-refractivity contribution in [3.8, 4) is 5.75 Å². The number of halogens is 1. The zero-order valence-electron chi connectivity index (χ0n) is 19.5. The first-order valence-corrected chi connectivity index (χ1v) is 12.0. The van der Waals surface area contributed by atoms with Gasteiger partial charge in [0.15, 0.2) is 0 Å². The first-order valence-electron chi connectivity index (χ1n) is 11.6. The van der Waals surface area contributed by atoms with Crippen LogP contribution in [0.2, 0.25) is 5.02 Å². The zero-order valence-corrected chi connectivity index (χ0v) is 20.2. The number of amides is 3. The Hall–Kier alpha value is -3.45. The number of ether oxygens (including phenoxy) is 1. The van der Waals surface area contributed by atoms with E-state index in [-0.39, 0.29) is 48.3 Å². The number of imide groups is 1. The maximum absolute atomic E-state index is 12.9. The summed E-state index contributed by atoms with van der Waals surface area (Å²) in [5.74, 6) is -1.98. The summed E-state index contributed by atoms with van der Waals surface area (Å²) < 4.78 is 5.52. The predicted molar refractivity (Wildman–Crippen MR) is 131 cm³/mol. The van der Waals surface area contributed by atoms with Crippen molar-refractivity contribution in [1.82, 2.24) is 0 Å². The van der Waals surface area contributed by atoms with Crippen LogP contribution >= 0.6 is 11.6 Å². The number of hydrogen-bond acceptors (Lipinski definition) is 5. The molecule has 3 aliphatic rings. The average Bonchev–Trinajstić information content (AvgIpc) is 3.33. The van der Waals surface area contributed by atoms with E-state index in [9.17, 15) is 19.2 Å². The van der Waals surface area contributed by atoms with Crippen molar-refractivity contribution in [3.05, 3.63) is 64.7 Å². The lowest BCUT2D eigenvalue weighted by Gasteiger charge is -2.19. The minimum atomic E-state index is -0.610. The van der Waals surface area contributed by atoms with Crippen molar-refractivity contribution in [3.63, 3.8) is 0 Å². The molecule has 2 aliphatic heterocycles. The molecule has 35 heavy (non-hydrogen) atoms. The Balaban J connectivity index is 1.25. The number of carbonyl (C=O) groups is 4. The fraction of sp³-hybridized carbons (Fsp3) is 0.333. The molecule has 0 aromatic heterocycles. The van der Waals surface area contributed by atoms with Gasteiger partial charge >= 0.3 is 5.97 Å². The van der Waals surface area contributed by atoms with E-state index in [1.807, 2.05) is 19.9 Å². The van der Waals surface area contributed by atoms with Gasteiger partial charge < -0.3 is 9.64 Å². The van der Waals surface area contributed by atoms with Gasteiger partial charge in [-0.05, 0) is 68.7 Å². The van der Waals surface area contributed by atoms with Gasteiger partial charge in [0.2, 0.25) is 17.7 Å².